The molecule has 2 aromatic carbocycles. The van der Waals surface area contributed by atoms with Gasteiger partial charge >= 0.3 is 0 Å². The molecular formula is C27H27N5O3. The summed E-state index contributed by atoms with van der Waals surface area (Å²) in [5.74, 6) is 2.79. The summed E-state index contributed by atoms with van der Waals surface area (Å²) < 4.78 is 11.2. The molecule has 35 heavy (non-hydrogen) atoms. The van der Waals surface area contributed by atoms with Gasteiger partial charge in [0.15, 0.2) is 17.3 Å². The second-order valence-electron chi connectivity index (χ2n) is 8.99. The number of fused-ring (bicyclic) bond motifs is 2. The average Bonchev–Trinajstić information content (AvgIpc) is 3.31. The minimum atomic E-state index is -0.145. The summed E-state index contributed by atoms with van der Waals surface area (Å²) in [7, 11) is 0. The second-order valence-corrected chi connectivity index (χ2v) is 8.99. The van der Waals surface area contributed by atoms with Crippen LogP contribution in [0.1, 0.15) is 24.8 Å². The predicted octanol–water partition coefficient (Wildman–Crippen LogP) is 4.57. The summed E-state index contributed by atoms with van der Waals surface area (Å²) in [4.78, 5) is 19.8. The van der Waals surface area contributed by atoms with E-state index < -0.39 is 0 Å². The number of piperidine rings is 1. The molecule has 2 aromatic heterocycles. The summed E-state index contributed by atoms with van der Waals surface area (Å²) in [5.41, 5.74) is 3.77. The van der Waals surface area contributed by atoms with Crippen LogP contribution in [0.3, 0.4) is 0 Å². The highest BCUT2D eigenvalue weighted by molar-refractivity contribution is 6.01. The monoisotopic (exact) mass is 469 g/mol. The van der Waals surface area contributed by atoms with E-state index in [-0.39, 0.29) is 12.3 Å². The standard InChI is InChI=1S/C27H27N5O3/c33-26(15-18-4-8-23-24(14-18)35-13-12-34-23)29-27-21-16-19(5-7-22(21)30-31-27)20-6-9-25(28-17-20)32-10-2-1-3-11-32/h4-9,14,16-17H,1-3,10-13,15H2,(H2,29,30,31,33). The predicted molar refractivity (Wildman–Crippen MR) is 135 cm³/mol. The number of hydrogen-bond acceptors (Lipinski definition) is 6. The van der Waals surface area contributed by atoms with Gasteiger partial charge < -0.3 is 19.7 Å². The van der Waals surface area contributed by atoms with Crippen molar-refractivity contribution >= 4 is 28.4 Å². The molecule has 4 aromatic rings. The van der Waals surface area contributed by atoms with Gasteiger partial charge in [-0.05, 0) is 66.8 Å². The van der Waals surface area contributed by atoms with Gasteiger partial charge in [0.05, 0.1) is 11.9 Å². The molecule has 2 N–H and O–H groups in total. The molecule has 0 radical (unpaired) electrons. The molecule has 178 valence electrons. The van der Waals surface area contributed by atoms with E-state index in [0.717, 1.165) is 46.5 Å². The third-order valence-corrected chi connectivity index (χ3v) is 6.55. The Morgan fingerprint density at radius 2 is 1.77 bits per heavy atom. The first-order valence-electron chi connectivity index (χ1n) is 12.1. The maximum Gasteiger partial charge on any atom is 0.230 e. The molecule has 0 bridgehead atoms. The number of carbonyl (C=O) groups is 1. The Labute approximate surface area is 203 Å². The van der Waals surface area contributed by atoms with Crippen molar-refractivity contribution in [1.82, 2.24) is 15.2 Å². The zero-order valence-corrected chi connectivity index (χ0v) is 19.4. The lowest BCUT2D eigenvalue weighted by Crippen LogP contribution is -2.29. The highest BCUT2D eigenvalue weighted by Crippen LogP contribution is 2.32. The molecule has 2 aliphatic heterocycles. The van der Waals surface area contributed by atoms with Crippen molar-refractivity contribution in [3.8, 4) is 22.6 Å². The number of amides is 1. The van der Waals surface area contributed by atoms with Crippen molar-refractivity contribution in [2.24, 2.45) is 0 Å². The number of carbonyl (C=O) groups excluding carboxylic acids is 1. The Kier molecular flexibility index (Phi) is 5.70. The van der Waals surface area contributed by atoms with Crippen LogP contribution in [0.25, 0.3) is 22.0 Å². The number of H-pyrrole nitrogens is 1. The van der Waals surface area contributed by atoms with E-state index in [2.05, 4.69) is 32.5 Å². The topological polar surface area (TPSA) is 92.4 Å². The normalized spacial score (nSPS) is 15.3. The number of ether oxygens (including phenoxy) is 2. The van der Waals surface area contributed by atoms with E-state index in [9.17, 15) is 4.79 Å². The first-order valence-corrected chi connectivity index (χ1v) is 12.1. The third kappa shape index (κ3) is 4.51. The van der Waals surface area contributed by atoms with Crippen molar-refractivity contribution in [2.75, 3.05) is 36.5 Å². The highest BCUT2D eigenvalue weighted by Gasteiger charge is 2.16. The first kappa shape index (κ1) is 21.5. The summed E-state index contributed by atoms with van der Waals surface area (Å²) in [6.07, 6.45) is 5.89. The van der Waals surface area contributed by atoms with Crippen molar-refractivity contribution < 1.29 is 14.3 Å². The lowest BCUT2D eigenvalue weighted by Gasteiger charge is -2.27. The number of pyridine rings is 1. The molecule has 0 aliphatic carbocycles. The van der Waals surface area contributed by atoms with Crippen LogP contribution in [0.2, 0.25) is 0 Å². The van der Waals surface area contributed by atoms with Crippen LogP contribution in [-0.2, 0) is 11.2 Å². The maximum absolute atomic E-state index is 12.8. The molecular weight excluding hydrogens is 442 g/mol. The Morgan fingerprint density at radius 1 is 0.943 bits per heavy atom. The van der Waals surface area contributed by atoms with Gasteiger partial charge in [0.2, 0.25) is 5.91 Å². The molecule has 1 saturated heterocycles. The first-order chi connectivity index (χ1) is 17.2. The van der Waals surface area contributed by atoms with Crippen molar-refractivity contribution in [3.63, 3.8) is 0 Å². The van der Waals surface area contributed by atoms with Crippen LogP contribution >= 0.6 is 0 Å². The van der Waals surface area contributed by atoms with E-state index >= 15 is 0 Å². The third-order valence-electron chi connectivity index (χ3n) is 6.55. The van der Waals surface area contributed by atoms with E-state index in [1.54, 1.807) is 0 Å². The van der Waals surface area contributed by atoms with Crippen LogP contribution in [0.4, 0.5) is 11.6 Å². The fourth-order valence-electron chi connectivity index (χ4n) is 4.72. The van der Waals surface area contributed by atoms with Crippen LogP contribution in [-0.4, -0.2) is 47.4 Å². The zero-order valence-electron chi connectivity index (χ0n) is 19.4. The van der Waals surface area contributed by atoms with Crippen LogP contribution in [0, 0.1) is 0 Å². The van der Waals surface area contributed by atoms with Gasteiger partial charge in [-0.2, -0.15) is 5.10 Å². The van der Waals surface area contributed by atoms with Gasteiger partial charge in [-0.1, -0.05) is 12.1 Å². The summed E-state index contributed by atoms with van der Waals surface area (Å²) in [5, 5.41) is 11.1. The van der Waals surface area contributed by atoms with E-state index in [1.165, 1.54) is 19.3 Å². The van der Waals surface area contributed by atoms with E-state index in [1.807, 2.05) is 42.6 Å². The summed E-state index contributed by atoms with van der Waals surface area (Å²) in [6, 6.07) is 15.8. The Morgan fingerprint density at radius 3 is 2.60 bits per heavy atom. The second kappa shape index (κ2) is 9.29. The summed E-state index contributed by atoms with van der Waals surface area (Å²) in [6.45, 7) is 3.20. The number of benzene rings is 2. The number of nitrogens with one attached hydrogen (secondary N) is 2. The van der Waals surface area contributed by atoms with Crippen molar-refractivity contribution in [3.05, 3.63) is 60.3 Å². The lowest BCUT2D eigenvalue weighted by atomic mass is 10.1. The summed E-state index contributed by atoms with van der Waals surface area (Å²) >= 11 is 0. The Hall–Kier alpha value is -4.07. The van der Waals surface area contributed by atoms with Crippen LogP contribution in [0.5, 0.6) is 11.5 Å². The molecule has 4 heterocycles. The van der Waals surface area contributed by atoms with Crippen molar-refractivity contribution in [1.29, 1.82) is 0 Å². The highest BCUT2D eigenvalue weighted by atomic mass is 16.6. The minimum absolute atomic E-state index is 0.145. The quantitative estimate of drug-likeness (QED) is 0.445. The minimum Gasteiger partial charge on any atom is -0.486 e. The van der Waals surface area contributed by atoms with Gasteiger partial charge in [-0.15, -0.1) is 0 Å². The van der Waals surface area contributed by atoms with Crippen LogP contribution < -0.4 is 19.7 Å². The molecule has 0 atom stereocenters. The fraction of sp³-hybridized carbons (Fsp3) is 0.296. The molecule has 1 amide bonds. The van der Waals surface area contributed by atoms with Gasteiger partial charge in [0.1, 0.15) is 19.0 Å². The zero-order chi connectivity index (χ0) is 23.6. The number of hydrogen-bond donors (Lipinski definition) is 2. The van der Waals surface area contributed by atoms with E-state index in [0.29, 0.717) is 30.5 Å². The van der Waals surface area contributed by atoms with Gasteiger partial charge in [-0.25, -0.2) is 4.98 Å². The molecule has 8 nitrogen and oxygen atoms in total. The molecule has 8 heteroatoms. The number of rotatable bonds is 5. The largest absolute Gasteiger partial charge is 0.486 e. The fourth-order valence-corrected chi connectivity index (χ4v) is 4.72. The van der Waals surface area contributed by atoms with Crippen LogP contribution in [0.15, 0.2) is 54.7 Å². The maximum atomic E-state index is 12.8. The number of nitrogens with zero attached hydrogens (tertiary/aromatic N) is 3. The van der Waals surface area contributed by atoms with Crippen molar-refractivity contribution in [2.45, 2.75) is 25.7 Å². The van der Waals surface area contributed by atoms with Gasteiger partial charge in [0.25, 0.3) is 0 Å². The molecule has 0 unspecified atom stereocenters. The number of aromatic amines is 1. The SMILES string of the molecule is O=C(Cc1ccc2c(c1)OCCO2)Nc1n[nH]c2ccc(-c3ccc(N4CCCCC4)nc3)cc12. The molecule has 0 saturated carbocycles. The van der Waals surface area contributed by atoms with Gasteiger partial charge in [0, 0.05) is 30.2 Å². The van der Waals surface area contributed by atoms with Gasteiger partial charge in [-0.3, -0.25) is 9.89 Å². The number of anilines is 2. The molecule has 0 spiro atoms. The lowest BCUT2D eigenvalue weighted by molar-refractivity contribution is -0.115. The molecule has 1 fully saturated rings. The molecule has 6 rings (SSSR count). The smallest absolute Gasteiger partial charge is 0.230 e. The number of aromatic nitrogens is 3. The Balaban J connectivity index is 1.18. The Bertz CT molecular complexity index is 1360. The average molecular weight is 470 g/mol. The van der Waals surface area contributed by atoms with E-state index in [4.69, 9.17) is 14.5 Å². The molecule has 2 aliphatic rings.